The molecule has 0 aliphatic carbocycles. The fourth-order valence-electron chi connectivity index (χ4n) is 1.48. The molecule has 0 aliphatic heterocycles. The van der Waals surface area contributed by atoms with Crippen LogP contribution in [0.15, 0.2) is 18.2 Å². The lowest BCUT2D eigenvalue weighted by atomic mass is 10.1. The van der Waals surface area contributed by atoms with Crippen molar-refractivity contribution in [3.63, 3.8) is 0 Å². The summed E-state index contributed by atoms with van der Waals surface area (Å²) in [6, 6.07) is 5.86. The lowest BCUT2D eigenvalue weighted by Gasteiger charge is -2.11. The smallest absolute Gasteiger partial charge is 0.223 e. The summed E-state index contributed by atoms with van der Waals surface area (Å²) >= 11 is 0. The van der Waals surface area contributed by atoms with E-state index in [1.165, 1.54) is 5.56 Å². The van der Waals surface area contributed by atoms with Gasteiger partial charge >= 0.3 is 0 Å². The number of carbonyl (C=O) groups is 1. The molecule has 0 aliphatic rings. The van der Waals surface area contributed by atoms with Crippen molar-refractivity contribution in [3.05, 3.63) is 29.3 Å². The summed E-state index contributed by atoms with van der Waals surface area (Å²) in [6.45, 7) is 6.28. The maximum atomic E-state index is 11.4. The molecule has 0 radical (unpaired) electrons. The molecule has 1 rings (SSSR count). The third-order valence-corrected chi connectivity index (χ3v) is 2.74. The van der Waals surface area contributed by atoms with Crippen LogP contribution < -0.4 is 10.1 Å². The van der Waals surface area contributed by atoms with E-state index in [0.29, 0.717) is 13.0 Å². The first-order chi connectivity index (χ1) is 8.50. The molecule has 2 N–H and O–H groups in total. The van der Waals surface area contributed by atoms with Gasteiger partial charge in [-0.1, -0.05) is 12.1 Å². The van der Waals surface area contributed by atoms with Gasteiger partial charge in [0, 0.05) is 6.54 Å². The van der Waals surface area contributed by atoms with Crippen molar-refractivity contribution < 1.29 is 14.6 Å². The van der Waals surface area contributed by atoms with E-state index in [1.807, 2.05) is 32.0 Å². The number of aryl methyl sites for hydroxylation is 1. The zero-order valence-electron chi connectivity index (χ0n) is 11.2. The number of hydrogen-bond acceptors (Lipinski definition) is 3. The van der Waals surface area contributed by atoms with Crippen molar-refractivity contribution in [3.8, 4) is 5.75 Å². The third-order valence-electron chi connectivity index (χ3n) is 2.74. The first kappa shape index (κ1) is 14.5. The zero-order valence-corrected chi connectivity index (χ0v) is 11.2. The van der Waals surface area contributed by atoms with E-state index in [1.54, 1.807) is 6.92 Å². The Labute approximate surface area is 108 Å². The molecular weight excluding hydrogens is 230 g/mol. The Morgan fingerprint density at radius 2 is 2.17 bits per heavy atom. The highest BCUT2D eigenvalue weighted by Crippen LogP contribution is 2.20. The van der Waals surface area contributed by atoms with Gasteiger partial charge in [-0.25, -0.2) is 0 Å². The van der Waals surface area contributed by atoms with Crippen molar-refractivity contribution in [2.75, 3.05) is 13.2 Å². The standard InChI is InChI=1S/C14H21NO3/c1-10-5-4-6-13(12(10)3)18-8-7-14(17)15-9-11(2)16/h4-6,11,16H,7-9H2,1-3H3,(H,15,17)/t11-/m0/s1. The number of nitrogens with one attached hydrogen (secondary N) is 1. The second-order valence-corrected chi connectivity index (χ2v) is 4.45. The van der Waals surface area contributed by atoms with Crippen molar-refractivity contribution in [2.45, 2.75) is 33.3 Å². The number of aliphatic hydroxyl groups is 1. The van der Waals surface area contributed by atoms with Crippen LogP contribution in [0.2, 0.25) is 0 Å². The lowest BCUT2D eigenvalue weighted by Crippen LogP contribution is -2.31. The number of rotatable bonds is 6. The monoisotopic (exact) mass is 251 g/mol. The Bertz CT molecular complexity index is 402. The normalized spacial score (nSPS) is 12.0. The van der Waals surface area contributed by atoms with Crippen LogP contribution in [0.5, 0.6) is 5.75 Å². The molecule has 0 spiro atoms. The highest BCUT2D eigenvalue weighted by molar-refractivity contribution is 5.76. The number of carbonyl (C=O) groups excluding carboxylic acids is 1. The number of aliphatic hydroxyl groups excluding tert-OH is 1. The molecule has 0 saturated carbocycles. The topological polar surface area (TPSA) is 58.6 Å². The molecule has 0 heterocycles. The summed E-state index contributed by atoms with van der Waals surface area (Å²) in [6.07, 6.45) is -0.228. The number of amides is 1. The Hall–Kier alpha value is -1.55. The predicted octanol–water partition coefficient (Wildman–Crippen LogP) is 1.57. The first-order valence-corrected chi connectivity index (χ1v) is 6.14. The van der Waals surface area contributed by atoms with Crippen LogP contribution in [0.3, 0.4) is 0 Å². The van der Waals surface area contributed by atoms with Gasteiger partial charge in [0.05, 0.1) is 19.1 Å². The molecule has 18 heavy (non-hydrogen) atoms. The highest BCUT2D eigenvalue weighted by Gasteiger charge is 2.05. The first-order valence-electron chi connectivity index (χ1n) is 6.14. The molecule has 0 bridgehead atoms. The van der Waals surface area contributed by atoms with Crippen molar-refractivity contribution in [2.24, 2.45) is 0 Å². The Balaban J connectivity index is 2.33. The van der Waals surface area contributed by atoms with E-state index in [2.05, 4.69) is 5.32 Å². The van der Waals surface area contributed by atoms with Crippen LogP contribution in [0, 0.1) is 13.8 Å². The molecule has 4 heteroatoms. The van der Waals surface area contributed by atoms with E-state index in [0.717, 1.165) is 11.3 Å². The molecule has 0 unspecified atom stereocenters. The van der Waals surface area contributed by atoms with E-state index < -0.39 is 6.10 Å². The molecule has 4 nitrogen and oxygen atoms in total. The maximum absolute atomic E-state index is 11.4. The van der Waals surface area contributed by atoms with Gasteiger partial charge in [0.1, 0.15) is 5.75 Å². The van der Waals surface area contributed by atoms with Gasteiger partial charge in [0.25, 0.3) is 0 Å². The van der Waals surface area contributed by atoms with Crippen molar-refractivity contribution >= 4 is 5.91 Å². The van der Waals surface area contributed by atoms with E-state index >= 15 is 0 Å². The van der Waals surface area contributed by atoms with E-state index in [-0.39, 0.29) is 12.5 Å². The van der Waals surface area contributed by atoms with E-state index in [4.69, 9.17) is 9.84 Å². The third kappa shape index (κ3) is 4.75. The van der Waals surface area contributed by atoms with Crippen LogP contribution in [0.1, 0.15) is 24.5 Å². The average Bonchev–Trinajstić information content (AvgIpc) is 2.32. The second-order valence-electron chi connectivity index (χ2n) is 4.45. The fourth-order valence-corrected chi connectivity index (χ4v) is 1.48. The summed E-state index contributed by atoms with van der Waals surface area (Å²) in [7, 11) is 0. The number of benzene rings is 1. The minimum absolute atomic E-state index is 0.110. The van der Waals surface area contributed by atoms with Gasteiger partial charge in [0.2, 0.25) is 5.91 Å². The van der Waals surface area contributed by atoms with Gasteiger partial charge in [-0.15, -0.1) is 0 Å². The van der Waals surface area contributed by atoms with Crippen molar-refractivity contribution in [1.82, 2.24) is 5.32 Å². The molecule has 0 saturated heterocycles. The van der Waals surface area contributed by atoms with E-state index in [9.17, 15) is 4.79 Å². The predicted molar refractivity (Wildman–Crippen MR) is 70.7 cm³/mol. The van der Waals surface area contributed by atoms with Gasteiger partial charge in [-0.05, 0) is 38.0 Å². The summed E-state index contributed by atoms with van der Waals surface area (Å²) < 4.78 is 5.57. The van der Waals surface area contributed by atoms with Gasteiger partial charge in [-0.3, -0.25) is 4.79 Å². The summed E-state index contributed by atoms with van der Waals surface area (Å²) in [5.74, 6) is 0.708. The van der Waals surface area contributed by atoms with Gasteiger partial charge < -0.3 is 15.2 Å². The van der Waals surface area contributed by atoms with Crippen LogP contribution in [0.4, 0.5) is 0 Å². The Morgan fingerprint density at radius 1 is 1.44 bits per heavy atom. The molecule has 100 valence electrons. The van der Waals surface area contributed by atoms with Crippen LogP contribution >= 0.6 is 0 Å². The largest absolute Gasteiger partial charge is 0.493 e. The molecule has 0 aromatic heterocycles. The minimum Gasteiger partial charge on any atom is -0.493 e. The lowest BCUT2D eigenvalue weighted by molar-refractivity contribution is -0.122. The summed E-state index contributed by atoms with van der Waals surface area (Å²) in [5.41, 5.74) is 2.27. The zero-order chi connectivity index (χ0) is 13.5. The number of ether oxygens (including phenoxy) is 1. The Morgan fingerprint density at radius 3 is 2.83 bits per heavy atom. The quantitative estimate of drug-likeness (QED) is 0.807. The van der Waals surface area contributed by atoms with Crippen LogP contribution in [-0.2, 0) is 4.79 Å². The van der Waals surface area contributed by atoms with Crippen LogP contribution in [-0.4, -0.2) is 30.3 Å². The molecule has 1 aromatic carbocycles. The highest BCUT2D eigenvalue weighted by atomic mass is 16.5. The molecule has 1 aromatic rings. The molecule has 1 atom stereocenters. The van der Waals surface area contributed by atoms with Gasteiger partial charge in [-0.2, -0.15) is 0 Å². The number of hydrogen-bond donors (Lipinski definition) is 2. The SMILES string of the molecule is Cc1cccc(OCCC(=O)NC[C@H](C)O)c1C. The summed E-state index contributed by atoms with van der Waals surface area (Å²) in [5, 5.41) is 11.7. The molecule has 1 amide bonds. The van der Waals surface area contributed by atoms with Crippen molar-refractivity contribution in [1.29, 1.82) is 0 Å². The van der Waals surface area contributed by atoms with Crippen LogP contribution in [0.25, 0.3) is 0 Å². The fraction of sp³-hybridized carbons (Fsp3) is 0.500. The average molecular weight is 251 g/mol. The Kier molecular flexibility index (Phi) is 5.65. The van der Waals surface area contributed by atoms with Gasteiger partial charge in [0.15, 0.2) is 0 Å². The minimum atomic E-state index is -0.520. The second kappa shape index (κ2) is 7.01. The summed E-state index contributed by atoms with van der Waals surface area (Å²) in [4.78, 5) is 11.4. The maximum Gasteiger partial charge on any atom is 0.223 e. The molecular formula is C14H21NO3. The molecule has 0 fully saturated rings.